The van der Waals surface area contributed by atoms with Gasteiger partial charge in [-0.1, -0.05) is 25.4 Å². The average Bonchev–Trinajstić information content (AvgIpc) is 2.38. The van der Waals surface area contributed by atoms with Crippen LogP contribution in [0.3, 0.4) is 0 Å². The summed E-state index contributed by atoms with van der Waals surface area (Å²) in [6.07, 6.45) is 1.28. The van der Waals surface area contributed by atoms with Crippen LogP contribution < -0.4 is 4.72 Å². The molecule has 0 aliphatic heterocycles. The van der Waals surface area contributed by atoms with Gasteiger partial charge in [0.15, 0.2) is 0 Å². The maximum Gasteiger partial charge on any atom is 0.240 e. The van der Waals surface area contributed by atoms with E-state index in [1.165, 1.54) is 6.07 Å². The smallest absolute Gasteiger partial charge is 0.240 e. The molecule has 2 N–H and O–H groups in total. The molecule has 0 atom stereocenters. The fourth-order valence-corrected chi connectivity index (χ4v) is 3.26. The third-order valence-corrected chi connectivity index (χ3v) is 4.79. The first-order valence-electron chi connectivity index (χ1n) is 5.96. The minimum Gasteiger partial charge on any atom is -0.392 e. The van der Waals surface area contributed by atoms with Gasteiger partial charge in [-0.05, 0) is 25.0 Å². The first kappa shape index (κ1) is 16.4. The lowest BCUT2D eigenvalue weighted by molar-refractivity contribution is 0.281. The van der Waals surface area contributed by atoms with E-state index in [1.807, 2.05) is 13.8 Å². The molecular weight excluding hydrogens is 293 g/mol. The molecule has 1 aromatic rings. The molecule has 0 heterocycles. The number of halogens is 2. The number of hydrogen-bond donors (Lipinski definition) is 2. The van der Waals surface area contributed by atoms with E-state index in [9.17, 15) is 12.8 Å². The molecule has 1 aromatic carbocycles. The number of benzene rings is 1. The summed E-state index contributed by atoms with van der Waals surface area (Å²) in [7, 11) is -3.82. The fraction of sp³-hybridized carbons (Fsp3) is 0.500. The second-order valence-corrected chi connectivity index (χ2v) is 6.26. The Morgan fingerprint density at radius 1 is 1.37 bits per heavy atom. The van der Waals surface area contributed by atoms with Gasteiger partial charge in [0, 0.05) is 11.6 Å². The first-order valence-corrected chi connectivity index (χ1v) is 7.82. The second kappa shape index (κ2) is 6.65. The highest BCUT2D eigenvalue weighted by molar-refractivity contribution is 7.89. The van der Waals surface area contributed by atoms with Crippen LogP contribution in [-0.2, 0) is 16.6 Å². The molecule has 0 aromatic heterocycles. The van der Waals surface area contributed by atoms with Crippen molar-refractivity contribution in [2.45, 2.75) is 44.2 Å². The second-order valence-electron chi connectivity index (χ2n) is 4.17. The molecule has 0 amide bonds. The highest BCUT2D eigenvalue weighted by Crippen LogP contribution is 2.24. The molecule has 0 aliphatic rings. The van der Waals surface area contributed by atoms with Crippen molar-refractivity contribution in [1.82, 2.24) is 4.72 Å². The molecule has 0 bridgehead atoms. The molecule has 0 aliphatic carbocycles. The number of sulfonamides is 1. The largest absolute Gasteiger partial charge is 0.392 e. The zero-order valence-electron chi connectivity index (χ0n) is 10.8. The van der Waals surface area contributed by atoms with Crippen LogP contribution in [0.2, 0.25) is 5.02 Å². The summed E-state index contributed by atoms with van der Waals surface area (Å²) in [5, 5.41) is 8.78. The molecule has 0 radical (unpaired) electrons. The highest BCUT2D eigenvalue weighted by atomic mass is 35.5. The lowest BCUT2D eigenvalue weighted by atomic mass is 10.2. The molecule has 19 heavy (non-hydrogen) atoms. The predicted octanol–water partition coefficient (Wildman–Crippen LogP) is 2.44. The topological polar surface area (TPSA) is 66.4 Å². The molecule has 0 spiro atoms. The van der Waals surface area contributed by atoms with Gasteiger partial charge >= 0.3 is 0 Å². The van der Waals surface area contributed by atoms with Crippen molar-refractivity contribution >= 4 is 21.6 Å². The minimum absolute atomic E-state index is 0.0478. The zero-order chi connectivity index (χ0) is 14.6. The van der Waals surface area contributed by atoms with Gasteiger partial charge in [0.1, 0.15) is 5.82 Å². The summed E-state index contributed by atoms with van der Waals surface area (Å²) in [5.74, 6) is -0.863. The zero-order valence-corrected chi connectivity index (χ0v) is 12.4. The molecule has 0 saturated heterocycles. The molecule has 108 valence electrons. The summed E-state index contributed by atoms with van der Waals surface area (Å²) < 4.78 is 40.2. The van der Waals surface area contributed by atoms with E-state index in [0.29, 0.717) is 12.8 Å². The summed E-state index contributed by atoms with van der Waals surface area (Å²) >= 11 is 5.63. The van der Waals surface area contributed by atoms with Crippen molar-refractivity contribution < 1.29 is 17.9 Å². The summed E-state index contributed by atoms with van der Waals surface area (Å²) in [6, 6.07) is 1.82. The van der Waals surface area contributed by atoms with Crippen molar-refractivity contribution in [3.63, 3.8) is 0 Å². The van der Waals surface area contributed by atoms with Crippen molar-refractivity contribution in [3.05, 3.63) is 28.5 Å². The Morgan fingerprint density at radius 3 is 2.42 bits per heavy atom. The molecule has 0 unspecified atom stereocenters. The Kier molecular flexibility index (Phi) is 5.73. The lowest BCUT2D eigenvalue weighted by Crippen LogP contribution is -2.34. The van der Waals surface area contributed by atoms with Crippen LogP contribution in [0.15, 0.2) is 17.0 Å². The number of aliphatic hydroxyl groups excluding tert-OH is 1. The van der Waals surface area contributed by atoms with E-state index >= 15 is 0 Å². The number of nitrogens with one attached hydrogen (secondary N) is 1. The van der Waals surface area contributed by atoms with Crippen molar-refractivity contribution in [3.8, 4) is 0 Å². The molecular formula is C12H17ClFNO3S. The van der Waals surface area contributed by atoms with E-state index in [4.69, 9.17) is 16.7 Å². The fourth-order valence-electron chi connectivity index (χ4n) is 1.63. The number of hydrogen-bond acceptors (Lipinski definition) is 3. The van der Waals surface area contributed by atoms with Gasteiger partial charge in [-0.25, -0.2) is 17.5 Å². The Balaban J connectivity index is 3.18. The summed E-state index contributed by atoms with van der Waals surface area (Å²) in [4.78, 5) is -0.231. The van der Waals surface area contributed by atoms with Crippen LogP contribution in [0.1, 0.15) is 32.3 Å². The SMILES string of the molecule is CCC(CC)NS(=O)(=O)c1cc(F)c(Cl)c(CO)c1. The Morgan fingerprint density at radius 2 is 1.95 bits per heavy atom. The van der Waals surface area contributed by atoms with Gasteiger partial charge in [0.25, 0.3) is 0 Å². The quantitative estimate of drug-likeness (QED) is 0.848. The summed E-state index contributed by atoms with van der Waals surface area (Å²) in [5.41, 5.74) is 0.0478. The van der Waals surface area contributed by atoms with Gasteiger partial charge in [-0.15, -0.1) is 0 Å². The summed E-state index contributed by atoms with van der Waals surface area (Å²) in [6.45, 7) is 3.20. The molecule has 0 saturated carbocycles. The highest BCUT2D eigenvalue weighted by Gasteiger charge is 2.21. The number of rotatable bonds is 6. The van der Waals surface area contributed by atoms with Gasteiger partial charge in [-0.3, -0.25) is 0 Å². The van der Waals surface area contributed by atoms with E-state index < -0.39 is 22.4 Å². The van der Waals surface area contributed by atoms with Crippen molar-refractivity contribution in [2.75, 3.05) is 0 Å². The van der Waals surface area contributed by atoms with Gasteiger partial charge in [-0.2, -0.15) is 0 Å². The maximum atomic E-state index is 13.5. The van der Waals surface area contributed by atoms with Gasteiger partial charge < -0.3 is 5.11 Å². The van der Waals surface area contributed by atoms with Crippen LogP contribution in [0.4, 0.5) is 4.39 Å². The lowest BCUT2D eigenvalue weighted by Gasteiger charge is -2.15. The number of aliphatic hydroxyl groups is 1. The standard InChI is InChI=1S/C12H17ClFNO3S/c1-3-9(4-2)15-19(17,18)10-5-8(7-16)12(13)11(14)6-10/h5-6,9,15-16H,3-4,7H2,1-2H3. The normalized spacial score (nSPS) is 12.1. The minimum atomic E-state index is -3.82. The van der Waals surface area contributed by atoms with E-state index in [-0.39, 0.29) is 21.5 Å². The van der Waals surface area contributed by atoms with E-state index in [1.54, 1.807) is 0 Å². The first-order chi connectivity index (χ1) is 8.85. The van der Waals surface area contributed by atoms with Crippen LogP contribution in [0.5, 0.6) is 0 Å². The van der Waals surface area contributed by atoms with Crippen LogP contribution in [0.25, 0.3) is 0 Å². The van der Waals surface area contributed by atoms with Crippen LogP contribution in [-0.4, -0.2) is 19.6 Å². The Hall–Kier alpha value is -0.690. The van der Waals surface area contributed by atoms with E-state index in [2.05, 4.69) is 4.72 Å². The molecule has 7 heteroatoms. The monoisotopic (exact) mass is 309 g/mol. The predicted molar refractivity (Wildman–Crippen MR) is 72.0 cm³/mol. The molecule has 4 nitrogen and oxygen atoms in total. The third-order valence-electron chi connectivity index (χ3n) is 2.87. The average molecular weight is 310 g/mol. The van der Waals surface area contributed by atoms with Gasteiger partial charge in [0.2, 0.25) is 10.0 Å². The molecule has 0 fully saturated rings. The van der Waals surface area contributed by atoms with Crippen LogP contribution >= 0.6 is 11.6 Å². The third kappa shape index (κ3) is 3.89. The van der Waals surface area contributed by atoms with E-state index in [0.717, 1.165) is 6.07 Å². The van der Waals surface area contributed by atoms with Crippen LogP contribution in [0, 0.1) is 5.82 Å². The Labute approximate surface area is 117 Å². The van der Waals surface area contributed by atoms with Crippen molar-refractivity contribution in [1.29, 1.82) is 0 Å². The van der Waals surface area contributed by atoms with Gasteiger partial charge in [0.05, 0.1) is 16.5 Å². The molecule has 1 rings (SSSR count). The van der Waals surface area contributed by atoms with Crippen molar-refractivity contribution in [2.24, 2.45) is 0 Å². The Bertz CT molecular complexity index is 544. The maximum absolute atomic E-state index is 13.5.